The molecule has 0 aromatic carbocycles. The summed E-state index contributed by atoms with van der Waals surface area (Å²) >= 11 is 0. The average Bonchev–Trinajstić information content (AvgIpc) is 2.95. The summed E-state index contributed by atoms with van der Waals surface area (Å²) in [6, 6.07) is 0.216. The first-order valence-electron chi connectivity index (χ1n) is 6.85. The van der Waals surface area contributed by atoms with Gasteiger partial charge in [0.15, 0.2) is 0 Å². The van der Waals surface area contributed by atoms with Crippen molar-refractivity contribution in [1.29, 1.82) is 0 Å². The standard InChI is InChI=1S/C14H24N2O/c1-4-9-15-11(2)13-16-10-12(17-13)14(3)7-5-6-8-14/h10-11,15H,4-9H2,1-3H3. The Hall–Kier alpha value is -0.830. The molecule has 0 saturated heterocycles. The molecule has 1 saturated carbocycles. The monoisotopic (exact) mass is 236 g/mol. The van der Waals surface area contributed by atoms with Crippen LogP contribution in [0.3, 0.4) is 0 Å². The van der Waals surface area contributed by atoms with E-state index < -0.39 is 0 Å². The van der Waals surface area contributed by atoms with E-state index in [1.54, 1.807) is 0 Å². The Bertz CT molecular complexity index is 353. The predicted octanol–water partition coefficient (Wildman–Crippen LogP) is 3.57. The molecule has 1 aliphatic carbocycles. The van der Waals surface area contributed by atoms with E-state index in [1.165, 1.54) is 25.7 Å². The fourth-order valence-corrected chi connectivity index (χ4v) is 2.62. The van der Waals surface area contributed by atoms with Crippen LogP contribution in [0.1, 0.15) is 70.6 Å². The Morgan fingerprint density at radius 3 is 2.82 bits per heavy atom. The zero-order valence-electron chi connectivity index (χ0n) is 11.3. The van der Waals surface area contributed by atoms with Gasteiger partial charge in [0.05, 0.1) is 12.2 Å². The predicted molar refractivity (Wildman–Crippen MR) is 69.0 cm³/mol. The molecule has 1 atom stereocenters. The maximum absolute atomic E-state index is 5.96. The number of nitrogens with one attached hydrogen (secondary N) is 1. The van der Waals surface area contributed by atoms with E-state index >= 15 is 0 Å². The molecular formula is C14H24N2O. The molecule has 1 aromatic rings. The van der Waals surface area contributed by atoms with Gasteiger partial charge < -0.3 is 9.73 Å². The Morgan fingerprint density at radius 1 is 1.47 bits per heavy atom. The zero-order chi connectivity index (χ0) is 12.3. The van der Waals surface area contributed by atoms with Gasteiger partial charge in [0, 0.05) is 5.41 Å². The molecule has 96 valence electrons. The summed E-state index contributed by atoms with van der Waals surface area (Å²) < 4.78 is 5.96. The molecule has 1 unspecified atom stereocenters. The minimum absolute atomic E-state index is 0.216. The molecule has 0 amide bonds. The van der Waals surface area contributed by atoms with Crippen LogP contribution in [0.2, 0.25) is 0 Å². The average molecular weight is 236 g/mol. The van der Waals surface area contributed by atoms with Crippen molar-refractivity contribution in [3.05, 3.63) is 17.8 Å². The van der Waals surface area contributed by atoms with Crippen LogP contribution < -0.4 is 5.32 Å². The van der Waals surface area contributed by atoms with Crippen LogP contribution >= 0.6 is 0 Å². The number of hydrogen-bond donors (Lipinski definition) is 1. The van der Waals surface area contributed by atoms with Crippen molar-refractivity contribution in [3.8, 4) is 0 Å². The Kier molecular flexibility index (Phi) is 3.87. The van der Waals surface area contributed by atoms with Gasteiger partial charge in [-0.3, -0.25) is 0 Å². The summed E-state index contributed by atoms with van der Waals surface area (Å²) in [6.45, 7) is 7.59. The van der Waals surface area contributed by atoms with Crippen molar-refractivity contribution in [2.75, 3.05) is 6.54 Å². The lowest BCUT2D eigenvalue weighted by Crippen LogP contribution is -2.19. The molecule has 0 aliphatic heterocycles. The van der Waals surface area contributed by atoms with Crippen LogP contribution in [0, 0.1) is 0 Å². The third-order valence-corrected chi connectivity index (χ3v) is 3.90. The van der Waals surface area contributed by atoms with Crippen LogP contribution in [-0.4, -0.2) is 11.5 Å². The molecule has 2 rings (SSSR count). The van der Waals surface area contributed by atoms with E-state index in [4.69, 9.17) is 4.42 Å². The van der Waals surface area contributed by atoms with Crippen molar-refractivity contribution in [3.63, 3.8) is 0 Å². The maximum atomic E-state index is 5.96. The summed E-state index contributed by atoms with van der Waals surface area (Å²) in [5.41, 5.74) is 0.232. The molecule has 3 heteroatoms. The summed E-state index contributed by atoms with van der Waals surface area (Å²) in [5.74, 6) is 1.91. The van der Waals surface area contributed by atoms with Crippen molar-refractivity contribution < 1.29 is 4.42 Å². The van der Waals surface area contributed by atoms with E-state index in [0.717, 1.165) is 24.6 Å². The second kappa shape index (κ2) is 5.21. The molecular weight excluding hydrogens is 212 g/mol. The van der Waals surface area contributed by atoms with E-state index in [0.29, 0.717) is 0 Å². The molecule has 3 nitrogen and oxygen atoms in total. The van der Waals surface area contributed by atoms with E-state index in [1.807, 2.05) is 6.20 Å². The Labute approximate surface area is 104 Å². The van der Waals surface area contributed by atoms with Gasteiger partial charge in [0.25, 0.3) is 0 Å². The molecule has 0 bridgehead atoms. The molecule has 1 heterocycles. The highest BCUT2D eigenvalue weighted by atomic mass is 16.4. The summed E-state index contributed by atoms with van der Waals surface area (Å²) in [7, 11) is 0. The molecule has 17 heavy (non-hydrogen) atoms. The Morgan fingerprint density at radius 2 is 2.18 bits per heavy atom. The highest BCUT2D eigenvalue weighted by Gasteiger charge is 2.34. The highest BCUT2D eigenvalue weighted by molar-refractivity contribution is 5.12. The lowest BCUT2D eigenvalue weighted by atomic mass is 9.87. The highest BCUT2D eigenvalue weighted by Crippen LogP contribution is 2.41. The van der Waals surface area contributed by atoms with Gasteiger partial charge >= 0.3 is 0 Å². The van der Waals surface area contributed by atoms with E-state index in [2.05, 4.69) is 31.1 Å². The summed E-state index contributed by atoms with van der Waals surface area (Å²) in [6.07, 6.45) is 8.17. The smallest absolute Gasteiger partial charge is 0.211 e. The number of oxazole rings is 1. The molecule has 1 fully saturated rings. The fraction of sp³-hybridized carbons (Fsp3) is 0.786. The lowest BCUT2D eigenvalue weighted by Gasteiger charge is -2.19. The Balaban J connectivity index is 2.05. The fourth-order valence-electron chi connectivity index (χ4n) is 2.62. The maximum Gasteiger partial charge on any atom is 0.211 e. The normalized spacial score (nSPS) is 20.6. The van der Waals surface area contributed by atoms with Crippen molar-refractivity contribution in [2.24, 2.45) is 0 Å². The molecule has 1 N–H and O–H groups in total. The first-order valence-corrected chi connectivity index (χ1v) is 6.85. The minimum atomic E-state index is 0.216. The number of nitrogens with zero attached hydrogens (tertiary/aromatic N) is 1. The quantitative estimate of drug-likeness (QED) is 0.849. The third kappa shape index (κ3) is 2.71. The molecule has 0 spiro atoms. The van der Waals surface area contributed by atoms with Gasteiger partial charge in [-0.2, -0.15) is 0 Å². The topological polar surface area (TPSA) is 38.1 Å². The minimum Gasteiger partial charge on any atom is -0.443 e. The van der Waals surface area contributed by atoms with Crippen LogP contribution in [0.5, 0.6) is 0 Å². The summed E-state index contributed by atoms with van der Waals surface area (Å²) in [5, 5.41) is 3.41. The van der Waals surface area contributed by atoms with Crippen LogP contribution in [-0.2, 0) is 5.41 Å². The van der Waals surface area contributed by atoms with Gasteiger partial charge in [-0.15, -0.1) is 0 Å². The van der Waals surface area contributed by atoms with Crippen molar-refractivity contribution >= 4 is 0 Å². The second-order valence-electron chi connectivity index (χ2n) is 5.51. The van der Waals surface area contributed by atoms with Gasteiger partial charge in [0.1, 0.15) is 5.76 Å². The van der Waals surface area contributed by atoms with Gasteiger partial charge in [-0.25, -0.2) is 4.98 Å². The number of hydrogen-bond acceptors (Lipinski definition) is 3. The first kappa shape index (κ1) is 12.6. The molecule has 1 aromatic heterocycles. The van der Waals surface area contributed by atoms with Crippen molar-refractivity contribution in [1.82, 2.24) is 10.3 Å². The largest absolute Gasteiger partial charge is 0.443 e. The third-order valence-electron chi connectivity index (χ3n) is 3.90. The van der Waals surface area contributed by atoms with Crippen LogP contribution in [0.4, 0.5) is 0 Å². The van der Waals surface area contributed by atoms with Gasteiger partial charge in [-0.1, -0.05) is 26.7 Å². The van der Waals surface area contributed by atoms with Gasteiger partial charge in [-0.05, 0) is 32.7 Å². The van der Waals surface area contributed by atoms with Crippen LogP contribution in [0.25, 0.3) is 0 Å². The second-order valence-corrected chi connectivity index (χ2v) is 5.51. The zero-order valence-corrected chi connectivity index (χ0v) is 11.3. The molecule has 0 radical (unpaired) electrons. The van der Waals surface area contributed by atoms with Gasteiger partial charge in [0.2, 0.25) is 5.89 Å². The molecule has 1 aliphatic rings. The van der Waals surface area contributed by atoms with E-state index in [9.17, 15) is 0 Å². The van der Waals surface area contributed by atoms with E-state index in [-0.39, 0.29) is 11.5 Å². The first-order chi connectivity index (χ1) is 8.15. The number of aromatic nitrogens is 1. The van der Waals surface area contributed by atoms with Crippen LogP contribution in [0.15, 0.2) is 10.6 Å². The lowest BCUT2D eigenvalue weighted by molar-refractivity contribution is 0.327. The SMILES string of the molecule is CCCNC(C)c1ncc(C2(C)CCCC2)o1. The number of rotatable bonds is 5. The van der Waals surface area contributed by atoms with Crippen molar-refractivity contribution in [2.45, 2.75) is 64.3 Å². The summed E-state index contributed by atoms with van der Waals surface area (Å²) in [4.78, 5) is 4.43.